The van der Waals surface area contributed by atoms with Gasteiger partial charge in [0.1, 0.15) is 6.54 Å². The van der Waals surface area contributed by atoms with Crippen LogP contribution in [0.5, 0.6) is 0 Å². The molecule has 0 saturated carbocycles. The van der Waals surface area contributed by atoms with E-state index < -0.39 is 0 Å². The number of amides is 1. The third-order valence-electron chi connectivity index (χ3n) is 3.52. The minimum Gasteiger partial charge on any atom is -0.377 e. The van der Waals surface area contributed by atoms with E-state index in [1.807, 2.05) is 31.2 Å². The van der Waals surface area contributed by atoms with Gasteiger partial charge < -0.3 is 10.6 Å². The number of anilines is 1. The first kappa shape index (κ1) is 15.0. The summed E-state index contributed by atoms with van der Waals surface area (Å²) < 4.78 is 1.58. The highest BCUT2D eigenvalue weighted by molar-refractivity contribution is 5.75. The van der Waals surface area contributed by atoms with Gasteiger partial charge >= 0.3 is 0 Å². The Labute approximate surface area is 133 Å². The standard InChI is InChI=1S/C16H18N6O/c1-11-15(21-14-6-4-3-5-13(14)20-11)8-18-12-7-19-22(9-12)10-16(23)17-2/h3-7,9,18H,8,10H2,1-2H3,(H,17,23). The number of nitrogens with zero attached hydrogens (tertiary/aromatic N) is 4. The van der Waals surface area contributed by atoms with Crippen LogP contribution in [0.25, 0.3) is 11.0 Å². The maximum Gasteiger partial charge on any atom is 0.241 e. The van der Waals surface area contributed by atoms with Crippen molar-refractivity contribution in [1.29, 1.82) is 0 Å². The van der Waals surface area contributed by atoms with E-state index in [2.05, 4.69) is 25.7 Å². The van der Waals surface area contributed by atoms with Crippen LogP contribution in [-0.2, 0) is 17.9 Å². The summed E-state index contributed by atoms with van der Waals surface area (Å²) in [6, 6.07) is 7.81. The number of aryl methyl sites for hydroxylation is 1. The van der Waals surface area contributed by atoms with Crippen molar-refractivity contribution in [2.24, 2.45) is 0 Å². The lowest BCUT2D eigenvalue weighted by Gasteiger charge is -2.07. The number of aromatic nitrogens is 4. The molecule has 23 heavy (non-hydrogen) atoms. The molecule has 2 aromatic heterocycles. The number of hydrogen-bond donors (Lipinski definition) is 2. The van der Waals surface area contributed by atoms with Crippen molar-refractivity contribution < 1.29 is 4.79 Å². The smallest absolute Gasteiger partial charge is 0.241 e. The first-order valence-electron chi connectivity index (χ1n) is 7.35. The molecule has 0 radical (unpaired) electrons. The van der Waals surface area contributed by atoms with Crippen LogP contribution >= 0.6 is 0 Å². The number of benzene rings is 1. The second-order valence-electron chi connectivity index (χ2n) is 5.20. The number of rotatable bonds is 5. The lowest BCUT2D eigenvalue weighted by atomic mass is 10.2. The molecule has 1 amide bonds. The average molecular weight is 310 g/mol. The number of fused-ring (bicyclic) bond motifs is 1. The fourth-order valence-corrected chi connectivity index (χ4v) is 2.25. The molecule has 0 unspecified atom stereocenters. The average Bonchev–Trinajstić information content (AvgIpc) is 3.00. The zero-order valence-electron chi connectivity index (χ0n) is 13.1. The fourth-order valence-electron chi connectivity index (χ4n) is 2.25. The number of para-hydroxylation sites is 2. The number of carbonyl (C=O) groups is 1. The van der Waals surface area contributed by atoms with Crippen molar-refractivity contribution in [2.45, 2.75) is 20.0 Å². The molecule has 0 aliphatic heterocycles. The van der Waals surface area contributed by atoms with Crippen molar-refractivity contribution in [3.8, 4) is 0 Å². The van der Waals surface area contributed by atoms with Crippen molar-refractivity contribution in [2.75, 3.05) is 12.4 Å². The lowest BCUT2D eigenvalue weighted by Crippen LogP contribution is -2.23. The van der Waals surface area contributed by atoms with Gasteiger partial charge in [0.25, 0.3) is 0 Å². The highest BCUT2D eigenvalue weighted by Gasteiger charge is 2.06. The van der Waals surface area contributed by atoms with Crippen LogP contribution in [0.4, 0.5) is 5.69 Å². The highest BCUT2D eigenvalue weighted by atomic mass is 16.1. The van der Waals surface area contributed by atoms with Gasteiger partial charge in [-0.2, -0.15) is 5.10 Å². The second kappa shape index (κ2) is 6.43. The minimum absolute atomic E-state index is 0.0871. The van der Waals surface area contributed by atoms with Crippen LogP contribution in [0.1, 0.15) is 11.4 Å². The second-order valence-corrected chi connectivity index (χ2v) is 5.20. The molecule has 118 valence electrons. The molecule has 0 fully saturated rings. The molecule has 3 rings (SSSR count). The lowest BCUT2D eigenvalue weighted by molar-refractivity contribution is -0.121. The topological polar surface area (TPSA) is 84.7 Å². The van der Waals surface area contributed by atoms with E-state index >= 15 is 0 Å². The van der Waals surface area contributed by atoms with E-state index in [-0.39, 0.29) is 12.5 Å². The van der Waals surface area contributed by atoms with E-state index in [1.165, 1.54) is 0 Å². The third kappa shape index (κ3) is 3.45. The van der Waals surface area contributed by atoms with Crippen molar-refractivity contribution in [3.63, 3.8) is 0 Å². The van der Waals surface area contributed by atoms with Gasteiger partial charge in [0.05, 0.1) is 40.9 Å². The maximum atomic E-state index is 11.3. The molecule has 2 N–H and O–H groups in total. The quantitative estimate of drug-likeness (QED) is 0.746. The normalized spacial score (nSPS) is 10.7. The minimum atomic E-state index is -0.0871. The van der Waals surface area contributed by atoms with E-state index in [4.69, 9.17) is 0 Å². The molecule has 2 heterocycles. The Morgan fingerprint density at radius 3 is 2.70 bits per heavy atom. The summed E-state index contributed by atoms with van der Waals surface area (Å²) in [4.78, 5) is 20.5. The van der Waals surface area contributed by atoms with Crippen LogP contribution in [0, 0.1) is 6.92 Å². The molecule has 0 aliphatic rings. The first-order chi connectivity index (χ1) is 11.2. The van der Waals surface area contributed by atoms with Crippen molar-refractivity contribution in [3.05, 3.63) is 48.0 Å². The highest BCUT2D eigenvalue weighted by Crippen LogP contribution is 2.14. The maximum absolute atomic E-state index is 11.3. The molecular weight excluding hydrogens is 292 g/mol. The van der Waals surface area contributed by atoms with Crippen molar-refractivity contribution in [1.82, 2.24) is 25.1 Å². The summed E-state index contributed by atoms with van der Waals surface area (Å²) in [6.07, 6.45) is 3.48. The number of hydrogen-bond acceptors (Lipinski definition) is 5. The summed E-state index contributed by atoms with van der Waals surface area (Å²) in [6.45, 7) is 2.70. The first-order valence-corrected chi connectivity index (χ1v) is 7.35. The van der Waals surface area contributed by atoms with Crippen molar-refractivity contribution >= 4 is 22.6 Å². The molecule has 0 spiro atoms. The number of likely N-dealkylation sites (N-methyl/N-ethyl adjacent to an activating group) is 1. The van der Waals surface area contributed by atoms with E-state index in [0.717, 1.165) is 28.1 Å². The molecule has 0 atom stereocenters. The molecule has 0 saturated heterocycles. The van der Waals surface area contributed by atoms with Crippen LogP contribution in [0.2, 0.25) is 0 Å². The van der Waals surface area contributed by atoms with Gasteiger partial charge in [-0.1, -0.05) is 12.1 Å². The Kier molecular flexibility index (Phi) is 4.18. The van der Waals surface area contributed by atoms with Gasteiger partial charge in [0.2, 0.25) is 5.91 Å². The predicted molar refractivity (Wildman–Crippen MR) is 87.9 cm³/mol. The Morgan fingerprint density at radius 1 is 1.22 bits per heavy atom. The SMILES string of the molecule is CNC(=O)Cn1cc(NCc2nc3ccccc3nc2C)cn1. The summed E-state index contributed by atoms with van der Waals surface area (Å²) in [7, 11) is 1.60. The van der Waals surface area contributed by atoms with Gasteiger partial charge in [-0.25, -0.2) is 9.97 Å². The zero-order chi connectivity index (χ0) is 16.2. The van der Waals surface area contributed by atoms with Crippen LogP contribution in [0.3, 0.4) is 0 Å². The van der Waals surface area contributed by atoms with Crippen LogP contribution < -0.4 is 10.6 Å². The summed E-state index contributed by atoms with van der Waals surface area (Å²) >= 11 is 0. The summed E-state index contributed by atoms with van der Waals surface area (Å²) in [5.41, 5.74) is 4.40. The molecule has 3 aromatic rings. The zero-order valence-corrected chi connectivity index (χ0v) is 13.1. The van der Waals surface area contributed by atoms with Gasteiger partial charge in [0, 0.05) is 13.2 Å². The molecule has 0 bridgehead atoms. The van der Waals surface area contributed by atoms with Gasteiger partial charge in [-0.15, -0.1) is 0 Å². The van der Waals surface area contributed by atoms with Crippen LogP contribution in [-0.4, -0.2) is 32.7 Å². The van der Waals surface area contributed by atoms with Gasteiger partial charge in [0.15, 0.2) is 0 Å². The van der Waals surface area contributed by atoms with E-state index in [9.17, 15) is 4.79 Å². The third-order valence-corrected chi connectivity index (χ3v) is 3.52. The fraction of sp³-hybridized carbons (Fsp3) is 0.250. The molecule has 1 aromatic carbocycles. The Balaban J connectivity index is 1.71. The molecular formula is C16H18N6O. The Morgan fingerprint density at radius 2 is 1.96 bits per heavy atom. The Bertz CT molecular complexity index is 841. The molecule has 0 aliphatic carbocycles. The largest absolute Gasteiger partial charge is 0.377 e. The molecule has 7 nitrogen and oxygen atoms in total. The predicted octanol–water partition coefficient (Wildman–Crippen LogP) is 1.49. The van der Waals surface area contributed by atoms with Crippen LogP contribution in [0.15, 0.2) is 36.7 Å². The molecule has 7 heteroatoms. The number of nitrogens with one attached hydrogen (secondary N) is 2. The van der Waals surface area contributed by atoms with E-state index in [1.54, 1.807) is 24.1 Å². The number of carbonyl (C=O) groups excluding carboxylic acids is 1. The van der Waals surface area contributed by atoms with E-state index in [0.29, 0.717) is 6.54 Å². The van der Waals surface area contributed by atoms with Gasteiger partial charge in [-0.3, -0.25) is 9.48 Å². The summed E-state index contributed by atoms with van der Waals surface area (Å²) in [5.74, 6) is -0.0871. The van der Waals surface area contributed by atoms with Gasteiger partial charge in [-0.05, 0) is 19.1 Å². The Hall–Kier alpha value is -2.96. The monoisotopic (exact) mass is 310 g/mol. The summed E-state index contributed by atoms with van der Waals surface area (Å²) in [5, 5.41) is 9.97.